The van der Waals surface area contributed by atoms with Crippen LogP contribution in [-0.2, 0) is 19.1 Å². The largest absolute Gasteiger partial charge is 0.481 e. The lowest BCUT2D eigenvalue weighted by Gasteiger charge is -2.58. The van der Waals surface area contributed by atoms with Gasteiger partial charge in [0.05, 0.1) is 12.8 Å². The zero-order valence-corrected chi connectivity index (χ0v) is 19.0. The second-order valence-corrected chi connectivity index (χ2v) is 10.9. The van der Waals surface area contributed by atoms with Crippen LogP contribution in [0.5, 0.6) is 0 Å². The van der Waals surface area contributed by atoms with Gasteiger partial charge in [0.25, 0.3) is 0 Å². The molecule has 0 aromatic carbocycles. The van der Waals surface area contributed by atoms with Crippen LogP contribution in [0.25, 0.3) is 0 Å². The fourth-order valence-electron chi connectivity index (χ4n) is 7.78. The first-order chi connectivity index (χ1) is 14.5. The van der Waals surface area contributed by atoms with Gasteiger partial charge in [0.2, 0.25) is 0 Å². The highest BCUT2D eigenvalue weighted by molar-refractivity contribution is 5.86. The van der Waals surface area contributed by atoms with E-state index in [1.165, 1.54) is 5.57 Å². The van der Waals surface area contributed by atoms with Gasteiger partial charge in [-0.15, -0.1) is 0 Å². The molecule has 4 aliphatic carbocycles. The summed E-state index contributed by atoms with van der Waals surface area (Å²) in [5.41, 5.74) is -0.0709. The Kier molecular flexibility index (Phi) is 5.60. The third-order valence-electron chi connectivity index (χ3n) is 9.63. The average Bonchev–Trinajstić information content (AvgIpc) is 2.99. The number of allylic oxidation sites excluding steroid dienone is 1. The van der Waals surface area contributed by atoms with Crippen LogP contribution in [0.15, 0.2) is 11.6 Å². The molecule has 7 atom stereocenters. The van der Waals surface area contributed by atoms with E-state index in [1.807, 2.05) is 0 Å². The van der Waals surface area contributed by atoms with Crippen LogP contribution in [0.2, 0.25) is 0 Å². The van der Waals surface area contributed by atoms with E-state index in [9.17, 15) is 19.5 Å². The summed E-state index contributed by atoms with van der Waals surface area (Å²) in [6, 6.07) is 0. The van der Waals surface area contributed by atoms with Crippen molar-refractivity contribution in [1.82, 2.24) is 0 Å². The van der Waals surface area contributed by atoms with Crippen LogP contribution in [0.4, 0.5) is 0 Å². The maximum Gasteiger partial charge on any atom is 0.306 e. The molecule has 4 aliphatic rings. The van der Waals surface area contributed by atoms with Gasteiger partial charge in [-0.2, -0.15) is 0 Å². The molecule has 3 saturated carbocycles. The van der Waals surface area contributed by atoms with Crippen molar-refractivity contribution in [2.24, 2.45) is 28.6 Å². The molecule has 4 rings (SSSR count). The highest BCUT2D eigenvalue weighted by Crippen LogP contribution is 2.67. The maximum absolute atomic E-state index is 12.4. The predicted molar refractivity (Wildman–Crippen MR) is 114 cm³/mol. The average molecular weight is 433 g/mol. The third-order valence-corrected chi connectivity index (χ3v) is 9.63. The summed E-state index contributed by atoms with van der Waals surface area (Å²) in [5.74, 6) is -0.116. The summed E-state index contributed by atoms with van der Waals surface area (Å²) in [6.07, 6.45) is 8.75. The van der Waals surface area contributed by atoms with E-state index < -0.39 is 17.5 Å². The van der Waals surface area contributed by atoms with Crippen molar-refractivity contribution in [3.05, 3.63) is 11.6 Å². The minimum absolute atomic E-state index is 0.0746. The second-order valence-electron chi connectivity index (χ2n) is 10.9. The van der Waals surface area contributed by atoms with E-state index in [1.54, 1.807) is 6.92 Å². The fourth-order valence-corrected chi connectivity index (χ4v) is 7.78. The van der Waals surface area contributed by atoms with Crippen LogP contribution in [0, 0.1) is 28.6 Å². The summed E-state index contributed by atoms with van der Waals surface area (Å²) < 4.78 is 5.60. The SMILES string of the molecule is CC(=O)[C@]1(O)CCC2C3CC=C4C[C@@H](OC(=O)CCC(=O)O)CC[C@]4(C)C3CC[C@@]21C. The number of Topliss-reactive ketones (excluding diaryl/α,β-unsaturated/α-hetero) is 1. The molecule has 0 bridgehead atoms. The van der Waals surface area contributed by atoms with Crippen molar-refractivity contribution >= 4 is 17.7 Å². The summed E-state index contributed by atoms with van der Waals surface area (Å²) in [4.78, 5) is 35.0. The Hall–Kier alpha value is -1.69. The summed E-state index contributed by atoms with van der Waals surface area (Å²) in [6.45, 7) is 6.03. The molecule has 0 aromatic rings. The van der Waals surface area contributed by atoms with E-state index >= 15 is 0 Å². The number of hydrogen-bond donors (Lipinski definition) is 2. The molecule has 6 nitrogen and oxygen atoms in total. The lowest BCUT2D eigenvalue weighted by atomic mass is 9.47. The highest BCUT2D eigenvalue weighted by atomic mass is 16.5. The molecule has 31 heavy (non-hydrogen) atoms. The Labute approximate surface area is 184 Å². The first-order valence-corrected chi connectivity index (χ1v) is 11.9. The Morgan fingerprint density at radius 2 is 1.77 bits per heavy atom. The Morgan fingerprint density at radius 1 is 1.06 bits per heavy atom. The van der Waals surface area contributed by atoms with E-state index in [4.69, 9.17) is 9.84 Å². The third kappa shape index (κ3) is 3.46. The number of carbonyl (C=O) groups is 3. The van der Waals surface area contributed by atoms with Crippen LogP contribution in [0.3, 0.4) is 0 Å². The number of aliphatic hydroxyl groups is 1. The van der Waals surface area contributed by atoms with E-state index in [2.05, 4.69) is 19.9 Å². The quantitative estimate of drug-likeness (QED) is 0.502. The number of esters is 1. The van der Waals surface area contributed by atoms with Crippen molar-refractivity contribution in [3.8, 4) is 0 Å². The van der Waals surface area contributed by atoms with Gasteiger partial charge in [-0.05, 0) is 75.0 Å². The van der Waals surface area contributed by atoms with Gasteiger partial charge in [0.1, 0.15) is 11.7 Å². The number of ketones is 1. The summed E-state index contributed by atoms with van der Waals surface area (Å²) in [7, 11) is 0. The molecule has 0 saturated heterocycles. The molecule has 0 heterocycles. The number of carboxylic acid groups (broad SMARTS) is 1. The number of rotatable bonds is 5. The molecule has 0 aliphatic heterocycles. The number of ether oxygens (including phenoxy) is 1. The zero-order valence-electron chi connectivity index (χ0n) is 19.0. The molecule has 6 heteroatoms. The van der Waals surface area contributed by atoms with Crippen LogP contribution < -0.4 is 0 Å². The van der Waals surface area contributed by atoms with Crippen LogP contribution >= 0.6 is 0 Å². The minimum Gasteiger partial charge on any atom is -0.481 e. The molecular formula is C25H36O6. The summed E-state index contributed by atoms with van der Waals surface area (Å²) >= 11 is 0. The molecule has 3 unspecified atom stereocenters. The number of hydrogen-bond acceptors (Lipinski definition) is 5. The molecule has 2 N–H and O–H groups in total. The predicted octanol–water partition coefficient (Wildman–Crippen LogP) is 4.05. The topological polar surface area (TPSA) is 101 Å². The monoisotopic (exact) mass is 432 g/mol. The number of carbonyl (C=O) groups excluding carboxylic acids is 2. The van der Waals surface area contributed by atoms with Gasteiger partial charge in [-0.3, -0.25) is 14.4 Å². The fraction of sp³-hybridized carbons (Fsp3) is 0.800. The van der Waals surface area contributed by atoms with Gasteiger partial charge < -0.3 is 14.9 Å². The minimum atomic E-state index is -1.19. The van der Waals surface area contributed by atoms with E-state index in [0.29, 0.717) is 24.2 Å². The lowest BCUT2D eigenvalue weighted by Crippen LogP contribution is -2.57. The first kappa shape index (κ1) is 22.5. The first-order valence-electron chi connectivity index (χ1n) is 11.9. The van der Waals surface area contributed by atoms with E-state index in [-0.39, 0.29) is 35.6 Å². The Bertz CT molecular complexity index is 817. The van der Waals surface area contributed by atoms with Gasteiger partial charge in [0, 0.05) is 11.8 Å². The molecule has 0 spiro atoms. The van der Waals surface area contributed by atoms with Gasteiger partial charge in [-0.1, -0.05) is 25.5 Å². The molecular weight excluding hydrogens is 396 g/mol. The number of carboxylic acids is 1. The molecule has 0 radical (unpaired) electrons. The molecule has 0 aromatic heterocycles. The van der Waals surface area contributed by atoms with Crippen molar-refractivity contribution in [2.45, 2.75) is 96.7 Å². The van der Waals surface area contributed by atoms with Gasteiger partial charge in [0.15, 0.2) is 5.78 Å². The molecule has 172 valence electrons. The molecule has 3 fully saturated rings. The smallest absolute Gasteiger partial charge is 0.306 e. The Morgan fingerprint density at radius 3 is 2.45 bits per heavy atom. The molecule has 0 amide bonds. The van der Waals surface area contributed by atoms with Crippen LogP contribution in [0.1, 0.15) is 85.0 Å². The van der Waals surface area contributed by atoms with Gasteiger partial charge >= 0.3 is 11.9 Å². The second kappa shape index (κ2) is 7.72. The highest BCUT2D eigenvalue weighted by Gasteiger charge is 2.65. The zero-order chi connectivity index (χ0) is 22.6. The standard InChI is InChI=1S/C25H36O6/c1-15(26)25(30)13-10-20-18-5-4-16-14-17(31-22(29)7-6-21(27)28)8-11-23(16,2)19(18)9-12-24(20,25)3/h4,17-20,30H,5-14H2,1-3H3,(H,27,28)/t17-,18?,19?,20?,23-,24-,25+/m0/s1. The number of fused-ring (bicyclic) bond motifs is 5. The normalized spacial score (nSPS) is 43.8. The van der Waals surface area contributed by atoms with Crippen molar-refractivity contribution in [2.75, 3.05) is 0 Å². The Balaban J connectivity index is 1.49. The van der Waals surface area contributed by atoms with Crippen molar-refractivity contribution in [3.63, 3.8) is 0 Å². The lowest BCUT2D eigenvalue weighted by molar-refractivity contribution is -0.161. The van der Waals surface area contributed by atoms with Crippen molar-refractivity contribution < 1.29 is 29.3 Å². The maximum atomic E-state index is 12.4. The number of aliphatic carboxylic acids is 1. The van der Waals surface area contributed by atoms with Crippen molar-refractivity contribution in [1.29, 1.82) is 0 Å². The van der Waals surface area contributed by atoms with E-state index in [0.717, 1.165) is 44.9 Å². The summed E-state index contributed by atoms with van der Waals surface area (Å²) in [5, 5.41) is 20.0. The van der Waals surface area contributed by atoms with Gasteiger partial charge in [-0.25, -0.2) is 0 Å². The van der Waals surface area contributed by atoms with Crippen LogP contribution in [-0.4, -0.2) is 39.6 Å².